The normalized spacial score (nSPS) is 30.4. The minimum Gasteiger partial charge on any atom is -0.481 e. The zero-order chi connectivity index (χ0) is 20.8. The number of fused-ring (bicyclic) bond motifs is 2. The molecule has 2 bridgehead atoms. The van der Waals surface area contributed by atoms with Gasteiger partial charge in [-0.1, -0.05) is 6.92 Å². The molecule has 0 spiro atoms. The topological polar surface area (TPSA) is 104 Å². The molecule has 0 radical (unpaired) electrons. The van der Waals surface area contributed by atoms with Gasteiger partial charge in [-0.3, -0.25) is 9.59 Å². The lowest BCUT2D eigenvalue weighted by molar-refractivity contribution is -0.148. The van der Waals surface area contributed by atoms with Crippen LogP contribution in [-0.4, -0.2) is 42.8 Å². The number of nitrogens with zero attached hydrogens (tertiary/aromatic N) is 1. The maximum atomic E-state index is 12.8. The molecule has 4 atom stereocenters. The van der Waals surface area contributed by atoms with E-state index >= 15 is 0 Å². The van der Waals surface area contributed by atoms with Crippen LogP contribution in [0.2, 0.25) is 0 Å². The van der Waals surface area contributed by atoms with Crippen molar-refractivity contribution in [1.82, 2.24) is 4.31 Å². The van der Waals surface area contributed by atoms with Gasteiger partial charge in [0, 0.05) is 18.8 Å². The molecular weight excluding hydrogens is 392 g/mol. The summed E-state index contributed by atoms with van der Waals surface area (Å²) in [6, 6.07) is 6.19. The lowest BCUT2D eigenvalue weighted by Crippen LogP contribution is -2.38. The number of amides is 1. The van der Waals surface area contributed by atoms with Crippen LogP contribution in [0, 0.1) is 29.6 Å². The van der Waals surface area contributed by atoms with E-state index in [0.29, 0.717) is 24.7 Å². The number of aliphatic carboxylic acids is 1. The van der Waals surface area contributed by atoms with Crippen molar-refractivity contribution in [3.05, 3.63) is 24.3 Å². The molecule has 3 fully saturated rings. The predicted molar refractivity (Wildman–Crippen MR) is 108 cm³/mol. The van der Waals surface area contributed by atoms with E-state index in [-0.39, 0.29) is 22.6 Å². The summed E-state index contributed by atoms with van der Waals surface area (Å²) in [6.07, 6.45) is 4.31. The molecule has 1 aliphatic heterocycles. The summed E-state index contributed by atoms with van der Waals surface area (Å²) in [6.45, 7) is 3.19. The van der Waals surface area contributed by atoms with E-state index in [1.54, 1.807) is 12.1 Å². The molecule has 0 aromatic heterocycles. The number of hydrogen-bond donors (Lipinski definition) is 2. The van der Waals surface area contributed by atoms with Crippen LogP contribution >= 0.6 is 0 Å². The number of carbonyl (C=O) groups is 2. The van der Waals surface area contributed by atoms with Gasteiger partial charge < -0.3 is 10.4 Å². The van der Waals surface area contributed by atoms with Gasteiger partial charge in [0.25, 0.3) is 0 Å². The van der Waals surface area contributed by atoms with Crippen molar-refractivity contribution in [2.45, 2.75) is 43.9 Å². The van der Waals surface area contributed by atoms with Crippen LogP contribution in [0.4, 0.5) is 5.69 Å². The fraction of sp³-hybridized carbons (Fsp3) is 0.619. The highest BCUT2D eigenvalue weighted by Gasteiger charge is 2.54. The van der Waals surface area contributed by atoms with Gasteiger partial charge >= 0.3 is 5.97 Å². The first-order valence-electron chi connectivity index (χ1n) is 10.4. The highest BCUT2D eigenvalue weighted by molar-refractivity contribution is 7.89. The second kappa shape index (κ2) is 7.72. The third kappa shape index (κ3) is 3.80. The van der Waals surface area contributed by atoms with Gasteiger partial charge in [-0.15, -0.1) is 0 Å². The SMILES string of the molecule is CC1CCN(S(=O)(=O)c2ccc(NC(=O)[C@H]3[C@H]4CC[C@@H](C4)[C@H]3C(=O)O)cc2)CC1. The second-order valence-corrected chi connectivity index (χ2v) is 10.8. The van der Waals surface area contributed by atoms with E-state index in [2.05, 4.69) is 12.2 Å². The minimum absolute atomic E-state index is 0.0908. The largest absolute Gasteiger partial charge is 0.481 e. The van der Waals surface area contributed by atoms with E-state index < -0.39 is 27.8 Å². The molecule has 7 nitrogen and oxygen atoms in total. The number of carbonyl (C=O) groups excluding carboxylic acids is 1. The van der Waals surface area contributed by atoms with Crippen molar-refractivity contribution in [3.8, 4) is 0 Å². The highest BCUT2D eigenvalue weighted by atomic mass is 32.2. The molecule has 2 N–H and O–H groups in total. The van der Waals surface area contributed by atoms with Crippen LogP contribution in [0.5, 0.6) is 0 Å². The first kappa shape index (κ1) is 20.3. The maximum Gasteiger partial charge on any atom is 0.307 e. The van der Waals surface area contributed by atoms with Crippen molar-refractivity contribution in [2.75, 3.05) is 18.4 Å². The molecule has 1 heterocycles. The Hall–Kier alpha value is -1.93. The molecule has 0 unspecified atom stereocenters. The van der Waals surface area contributed by atoms with Crippen molar-refractivity contribution in [3.63, 3.8) is 0 Å². The average Bonchev–Trinajstić information content (AvgIpc) is 3.30. The smallest absolute Gasteiger partial charge is 0.307 e. The Balaban J connectivity index is 1.44. The molecule has 3 aliphatic rings. The third-order valence-corrected chi connectivity index (χ3v) is 8.92. The van der Waals surface area contributed by atoms with Gasteiger partial charge in [-0.05, 0) is 74.1 Å². The highest BCUT2D eigenvalue weighted by Crippen LogP contribution is 2.52. The molecule has 1 aromatic rings. The van der Waals surface area contributed by atoms with Crippen molar-refractivity contribution >= 4 is 27.6 Å². The van der Waals surface area contributed by atoms with Crippen LogP contribution in [0.25, 0.3) is 0 Å². The Bertz CT molecular complexity index is 890. The quantitative estimate of drug-likeness (QED) is 0.762. The van der Waals surface area contributed by atoms with Crippen molar-refractivity contribution in [2.24, 2.45) is 29.6 Å². The molecule has 2 saturated carbocycles. The van der Waals surface area contributed by atoms with E-state index in [4.69, 9.17) is 0 Å². The number of nitrogens with one attached hydrogen (secondary N) is 1. The third-order valence-electron chi connectivity index (χ3n) is 7.01. The first-order valence-corrected chi connectivity index (χ1v) is 11.8. The zero-order valence-electron chi connectivity index (χ0n) is 16.6. The second-order valence-electron chi connectivity index (χ2n) is 8.82. The molecule has 29 heavy (non-hydrogen) atoms. The van der Waals surface area contributed by atoms with Crippen molar-refractivity contribution in [1.29, 1.82) is 0 Å². The number of anilines is 1. The lowest BCUT2D eigenvalue weighted by Gasteiger charge is -2.29. The minimum atomic E-state index is -3.53. The Kier molecular flexibility index (Phi) is 5.42. The average molecular weight is 421 g/mol. The van der Waals surface area contributed by atoms with Gasteiger partial charge in [0.15, 0.2) is 0 Å². The molecular formula is C21H28N2O5S. The Morgan fingerprint density at radius 1 is 1.00 bits per heavy atom. The fourth-order valence-electron chi connectivity index (χ4n) is 5.33. The van der Waals surface area contributed by atoms with Crippen LogP contribution in [0.3, 0.4) is 0 Å². The summed E-state index contributed by atoms with van der Waals surface area (Å²) in [5.74, 6) is -1.53. The summed E-state index contributed by atoms with van der Waals surface area (Å²) in [5.41, 5.74) is 0.494. The number of piperidine rings is 1. The molecule has 1 amide bonds. The van der Waals surface area contributed by atoms with Gasteiger partial charge in [-0.25, -0.2) is 8.42 Å². The molecule has 1 saturated heterocycles. The number of hydrogen-bond acceptors (Lipinski definition) is 4. The van der Waals surface area contributed by atoms with Crippen LogP contribution in [-0.2, 0) is 19.6 Å². The summed E-state index contributed by atoms with van der Waals surface area (Å²) in [4.78, 5) is 24.6. The van der Waals surface area contributed by atoms with Crippen LogP contribution in [0.15, 0.2) is 29.2 Å². The van der Waals surface area contributed by atoms with Gasteiger partial charge in [0.1, 0.15) is 0 Å². The van der Waals surface area contributed by atoms with Crippen LogP contribution in [0.1, 0.15) is 39.0 Å². The molecule has 158 valence electrons. The lowest BCUT2D eigenvalue weighted by atomic mass is 9.78. The first-order chi connectivity index (χ1) is 13.8. The zero-order valence-corrected chi connectivity index (χ0v) is 17.4. The predicted octanol–water partition coefficient (Wildman–Crippen LogP) is 2.79. The Labute approximate surface area is 171 Å². The number of benzene rings is 1. The van der Waals surface area contributed by atoms with E-state index in [0.717, 1.165) is 32.1 Å². The van der Waals surface area contributed by atoms with Gasteiger partial charge in [-0.2, -0.15) is 4.31 Å². The summed E-state index contributed by atoms with van der Waals surface area (Å²) in [5, 5.41) is 12.3. The monoisotopic (exact) mass is 420 g/mol. The molecule has 1 aromatic carbocycles. The van der Waals surface area contributed by atoms with E-state index in [9.17, 15) is 23.1 Å². The number of carboxylic acid groups (broad SMARTS) is 1. The van der Waals surface area contributed by atoms with Crippen LogP contribution < -0.4 is 5.32 Å². The standard InChI is InChI=1S/C21H28N2O5S/c1-13-8-10-23(11-9-13)29(27,28)17-6-4-16(5-7-17)22-20(24)18-14-2-3-15(12-14)19(18)21(25)26/h4-7,13-15,18-19H,2-3,8-12H2,1H3,(H,22,24)(H,25,26)/t14-,15-,18-,19+/m0/s1. The van der Waals surface area contributed by atoms with E-state index in [1.165, 1.54) is 16.4 Å². The van der Waals surface area contributed by atoms with Crippen molar-refractivity contribution < 1.29 is 23.1 Å². The fourth-order valence-corrected chi connectivity index (χ4v) is 6.80. The number of rotatable bonds is 5. The number of sulfonamides is 1. The summed E-state index contributed by atoms with van der Waals surface area (Å²) >= 11 is 0. The Morgan fingerprint density at radius 3 is 2.17 bits per heavy atom. The summed E-state index contributed by atoms with van der Waals surface area (Å²) < 4.78 is 27.2. The molecule has 8 heteroatoms. The van der Waals surface area contributed by atoms with Gasteiger partial charge in [0.05, 0.1) is 16.7 Å². The number of carboxylic acids is 1. The Morgan fingerprint density at radius 2 is 1.59 bits per heavy atom. The molecule has 2 aliphatic carbocycles. The van der Waals surface area contributed by atoms with E-state index in [1.807, 2.05) is 0 Å². The van der Waals surface area contributed by atoms with Gasteiger partial charge in [0.2, 0.25) is 15.9 Å². The molecule has 4 rings (SSSR count). The summed E-state index contributed by atoms with van der Waals surface area (Å²) in [7, 11) is -3.53. The maximum absolute atomic E-state index is 12.8.